The van der Waals surface area contributed by atoms with Gasteiger partial charge in [0.25, 0.3) is 0 Å². The van der Waals surface area contributed by atoms with E-state index in [1.54, 1.807) is 0 Å². The van der Waals surface area contributed by atoms with E-state index in [1.165, 1.54) is 0 Å². The number of hydrogen-bond acceptors (Lipinski definition) is 3. The molecular weight excluding hydrogens is 210 g/mol. The average Bonchev–Trinajstić information content (AvgIpc) is 2.28. The molecule has 0 aromatic rings. The highest BCUT2D eigenvalue weighted by molar-refractivity contribution is 5.94. The SMILES string of the molecule is O=C(O)C=CC(=O)NC1(CO)CCCCC1. The first-order valence-electron chi connectivity index (χ1n) is 5.42. The van der Waals surface area contributed by atoms with Crippen molar-refractivity contribution in [3.8, 4) is 0 Å². The van der Waals surface area contributed by atoms with Crippen molar-refractivity contribution in [3.63, 3.8) is 0 Å². The fourth-order valence-electron chi connectivity index (χ4n) is 2.00. The van der Waals surface area contributed by atoms with Gasteiger partial charge in [-0.05, 0) is 12.8 Å². The number of aliphatic hydroxyl groups excluding tert-OH is 1. The molecule has 1 aliphatic carbocycles. The number of carbonyl (C=O) groups excluding carboxylic acids is 1. The standard InChI is InChI=1S/C11H17NO4/c13-8-11(6-2-1-3-7-11)12-9(14)4-5-10(15)16/h4-5,13H,1-3,6-8H2,(H,12,14)(H,15,16). The highest BCUT2D eigenvalue weighted by Gasteiger charge is 2.32. The zero-order valence-electron chi connectivity index (χ0n) is 9.11. The van der Waals surface area contributed by atoms with E-state index in [2.05, 4.69) is 5.32 Å². The fraction of sp³-hybridized carbons (Fsp3) is 0.636. The van der Waals surface area contributed by atoms with Crippen molar-refractivity contribution in [1.82, 2.24) is 5.32 Å². The molecule has 0 unspecified atom stereocenters. The van der Waals surface area contributed by atoms with Crippen LogP contribution < -0.4 is 5.32 Å². The Hall–Kier alpha value is -1.36. The first-order chi connectivity index (χ1) is 7.58. The van der Waals surface area contributed by atoms with Crippen molar-refractivity contribution in [3.05, 3.63) is 12.2 Å². The van der Waals surface area contributed by atoms with Crippen molar-refractivity contribution in [2.24, 2.45) is 0 Å². The molecule has 1 aliphatic rings. The third-order valence-corrected chi connectivity index (χ3v) is 2.88. The second-order valence-electron chi connectivity index (χ2n) is 4.16. The van der Waals surface area contributed by atoms with Crippen molar-refractivity contribution in [1.29, 1.82) is 0 Å². The van der Waals surface area contributed by atoms with E-state index >= 15 is 0 Å². The predicted octanol–water partition coefficient (Wildman–Crippen LogP) is 0.439. The van der Waals surface area contributed by atoms with Gasteiger partial charge in [0, 0.05) is 12.2 Å². The molecule has 1 fully saturated rings. The van der Waals surface area contributed by atoms with Gasteiger partial charge in [0.2, 0.25) is 5.91 Å². The smallest absolute Gasteiger partial charge is 0.328 e. The summed E-state index contributed by atoms with van der Waals surface area (Å²) >= 11 is 0. The minimum Gasteiger partial charge on any atom is -0.478 e. The van der Waals surface area contributed by atoms with E-state index in [9.17, 15) is 14.7 Å². The minimum atomic E-state index is -1.16. The molecule has 1 rings (SSSR count). The van der Waals surface area contributed by atoms with Crippen LogP contribution in [0.5, 0.6) is 0 Å². The molecule has 0 aliphatic heterocycles. The van der Waals surface area contributed by atoms with Crippen LogP contribution in [0.4, 0.5) is 0 Å². The molecule has 3 N–H and O–H groups in total. The topological polar surface area (TPSA) is 86.6 Å². The summed E-state index contributed by atoms with van der Waals surface area (Å²) in [6, 6.07) is 0. The number of aliphatic carboxylic acids is 1. The van der Waals surface area contributed by atoms with Crippen LogP contribution in [0.2, 0.25) is 0 Å². The van der Waals surface area contributed by atoms with Crippen LogP contribution in [0.1, 0.15) is 32.1 Å². The monoisotopic (exact) mass is 227 g/mol. The second kappa shape index (κ2) is 5.65. The molecule has 16 heavy (non-hydrogen) atoms. The van der Waals surface area contributed by atoms with Crippen LogP contribution in [-0.2, 0) is 9.59 Å². The Morgan fingerprint density at radius 1 is 1.19 bits per heavy atom. The van der Waals surface area contributed by atoms with Gasteiger partial charge in [0.1, 0.15) is 0 Å². The first-order valence-corrected chi connectivity index (χ1v) is 5.42. The molecule has 0 radical (unpaired) electrons. The van der Waals surface area contributed by atoms with Gasteiger partial charge in [-0.1, -0.05) is 19.3 Å². The maximum Gasteiger partial charge on any atom is 0.328 e. The zero-order valence-corrected chi connectivity index (χ0v) is 9.11. The number of hydrogen-bond donors (Lipinski definition) is 3. The van der Waals surface area contributed by atoms with E-state index in [0.717, 1.165) is 44.3 Å². The van der Waals surface area contributed by atoms with Crippen molar-refractivity contribution >= 4 is 11.9 Å². The Kier molecular flexibility index (Phi) is 4.49. The molecule has 0 heterocycles. The average molecular weight is 227 g/mol. The number of carboxylic acids is 1. The van der Waals surface area contributed by atoms with E-state index in [1.807, 2.05) is 0 Å². The number of amides is 1. The molecule has 5 nitrogen and oxygen atoms in total. The van der Waals surface area contributed by atoms with Gasteiger partial charge in [-0.2, -0.15) is 0 Å². The zero-order chi connectivity index (χ0) is 12.0. The van der Waals surface area contributed by atoms with Gasteiger partial charge in [-0.3, -0.25) is 4.79 Å². The second-order valence-corrected chi connectivity index (χ2v) is 4.16. The molecular formula is C11H17NO4. The van der Waals surface area contributed by atoms with Crippen molar-refractivity contribution in [2.45, 2.75) is 37.6 Å². The molecule has 1 saturated carbocycles. The van der Waals surface area contributed by atoms with Crippen molar-refractivity contribution < 1.29 is 19.8 Å². The summed E-state index contributed by atoms with van der Waals surface area (Å²) in [5.74, 6) is -1.62. The summed E-state index contributed by atoms with van der Waals surface area (Å²) in [6.45, 7) is -0.0976. The van der Waals surface area contributed by atoms with Gasteiger partial charge in [-0.25, -0.2) is 4.79 Å². The molecule has 0 aromatic carbocycles. The lowest BCUT2D eigenvalue weighted by Crippen LogP contribution is -2.52. The Morgan fingerprint density at radius 3 is 2.31 bits per heavy atom. The fourth-order valence-corrected chi connectivity index (χ4v) is 2.00. The van der Waals surface area contributed by atoms with Crippen LogP contribution in [0.15, 0.2) is 12.2 Å². The molecule has 90 valence electrons. The van der Waals surface area contributed by atoms with Crippen LogP contribution in [0.3, 0.4) is 0 Å². The summed E-state index contributed by atoms with van der Waals surface area (Å²) in [5.41, 5.74) is -0.557. The van der Waals surface area contributed by atoms with E-state index in [0.29, 0.717) is 0 Å². The normalized spacial score (nSPS) is 19.6. The Morgan fingerprint density at radius 2 is 1.81 bits per heavy atom. The van der Waals surface area contributed by atoms with E-state index in [-0.39, 0.29) is 6.61 Å². The number of carbonyl (C=O) groups is 2. The largest absolute Gasteiger partial charge is 0.478 e. The summed E-state index contributed by atoms with van der Waals surface area (Å²) in [5, 5.41) is 20.4. The molecule has 0 atom stereocenters. The third-order valence-electron chi connectivity index (χ3n) is 2.88. The lowest BCUT2D eigenvalue weighted by Gasteiger charge is -2.36. The lowest BCUT2D eigenvalue weighted by molar-refractivity contribution is -0.131. The number of carboxylic acid groups (broad SMARTS) is 1. The summed E-state index contributed by atoms with van der Waals surface area (Å²) in [4.78, 5) is 21.6. The van der Waals surface area contributed by atoms with Crippen LogP contribution in [0, 0.1) is 0 Å². The number of nitrogens with one attached hydrogen (secondary N) is 1. The van der Waals surface area contributed by atoms with Crippen LogP contribution >= 0.6 is 0 Å². The quantitative estimate of drug-likeness (QED) is 0.608. The lowest BCUT2D eigenvalue weighted by atomic mass is 9.82. The van der Waals surface area contributed by atoms with E-state index < -0.39 is 17.4 Å². The molecule has 0 bridgehead atoms. The molecule has 0 saturated heterocycles. The first kappa shape index (κ1) is 12.7. The van der Waals surface area contributed by atoms with Gasteiger partial charge in [0.15, 0.2) is 0 Å². The Balaban J connectivity index is 2.55. The summed E-state index contributed by atoms with van der Waals surface area (Å²) in [7, 11) is 0. The third kappa shape index (κ3) is 3.66. The Labute approximate surface area is 94.2 Å². The van der Waals surface area contributed by atoms with Crippen molar-refractivity contribution in [2.75, 3.05) is 6.61 Å². The predicted molar refractivity (Wildman–Crippen MR) is 57.8 cm³/mol. The molecule has 0 aromatic heterocycles. The van der Waals surface area contributed by atoms with Crippen LogP contribution in [-0.4, -0.2) is 34.2 Å². The van der Waals surface area contributed by atoms with E-state index in [4.69, 9.17) is 5.11 Å². The number of rotatable bonds is 4. The van der Waals surface area contributed by atoms with Gasteiger partial charge >= 0.3 is 5.97 Å². The molecule has 5 heteroatoms. The maximum atomic E-state index is 11.4. The highest BCUT2D eigenvalue weighted by Crippen LogP contribution is 2.27. The number of aliphatic hydroxyl groups is 1. The van der Waals surface area contributed by atoms with Gasteiger partial charge < -0.3 is 15.5 Å². The van der Waals surface area contributed by atoms with Gasteiger partial charge in [-0.15, -0.1) is 0 Å². The Bertz CT molecular complexity index is 292. The van der Waals surface area contributed by atoms with Crippen LogP contribution in [0.25, 0.3) is 0 Å². The molecule has 0 spiro atoms. The summed E-state index contributed by atoms with van der Waals surface area (Å²) in [6.07, 6.45) is 6.33. The molecule has 1 amide bonds. The van der Waals surface area contributed by atoms with Gasteiger partial charge in [0.05, 0.1) is 12.1 Å². The highest BCUT2D eigenvalue weighted by atomic mass is 16.4. The summed E-state index contributed by atoms with van der Waals surface area (Å²) < 4.78 is 0. The minimum absolute atomic E-state index is 0.0976. The maximum absolute atomic E-state index is 11.4.